The summed E-state index contributed by atoms with van der Waals surface area (Å²) in [6.07, 6.45) is 4.06. The molecule has 1 N–H and O–H groups in total. The van der Waals surface area contributed by atoms with Crippen LogP contribution in [0.5, 0.6) is 0 Å². The third kappa shape index (κ3) is 3.83. The number of rotatable bonds is 3. The summed E-state index contributed by atoms with van der Waals surface area (Å²) in [4.78, 5) is 0. The standard InChI is InChI=1S/C16H24BrN/c1-11-6-12(2)8-15(7-11)18-10-14-5-4-13(3)16(17)9-14/h4-5,9,11-12,15,18H,6-8,10H2,1-3H3. The van der Waals surface area contributed by atoms with Crippen LogP contribution in [0, 0.1) is 18.8 Å². The van der Waals surface area contributed by atoms with Crippen molar-refractivity contribution in [1.82, 2.24) is 5.32 Å². The molecule has 1 nitrogen and oxygen atoms in total. The van der Waals surface area contributed by atoms with E-state index in [2.05, 4.69) is 60.2 Å². The molecule has 18 heavy (non-hydrogen) atoms. The van der Waals surface area contributed by atoms with Crippen LogP contribution < -0.4 is 5.32 Å². The first-order chi connectivity index (χ1) is 8.54. The van der Waals surface area contributed by atoms with Gasteiger partial charge in [0.25, 0.3) is 0 Å². The molecule has 0 heterocycles. The highest BCUT2D eigenvalue weighted by Crippen LogP contribution is 2.28. The Morgan fingerprint density at radius 3 is 2.44 bits per heavy atom. The fourth-order valence-electron chi connectivity index (χ4n) is 3.12. The molecule has 2 heteroatoms. The lowest BCUT2D eigenvalue weighted by Gasteiger charge is -2.32. The summed E-state index contributed by atoms with van der Waals surface area (Å²) in [5.74, 6) is 1.74. The van der Waals surface area contributed by atoms with Crippen LogP contribution in [-0.4, -0.2) is 6.04 Å². The first kappa shape index (κ1) is 14.1. The highest BCUT2D eigenvalue weighted by Gasteiger charge is 2.23. The van der Waals surface area contributed by atoms with E-state index in [1.807, 2.05) is 0 Å². The van der Waals surface area contributed by atoms with Crippen molar-refractivity contribution in [2.24, 2.45) is 11.8 Å². The second-order valence-electron chi connectivity index (χ2n) is 6.08. The monoisotopic (exact) mass is 309 g/mol. The molecule has 1 fully saturated rings. The molecule has 0 radical (unpaired) electrons. The van der Waals surface area contributed by atoms with Gasteiger partial charge in [0, 0.05) is 17.1 Å². The fourth-order valence-corrected chi connectivity index (χ4v) is 3.55. The third-order valence-electron chi connectivity index (χ3n) is 4.01. The van der Waals surface area contributed by atoms with Crippen LogP contribution in [0.4, 0.5) is 0 Å². The Kier molecular flexibility index (Phi) is 4.85. The zero-order chi connectivity index (χ0) is 13.1. The maximum atomic E-state index is 3.72. The van der Waals surface area contributed by atoms with Gasteiger partial charge in [-0.2, -0.15) is 0 Å². The van der Waals surface area contributed by atoms with Crippen molar-refractivity contribution >= 4 is 15.9 Å². The van der Waals surface area contributed by atoms with E-state index in [-0.39, 0.29) is 0 Å². The van der Waals surface area contributed by atoms with Gasteiger partial charge in [0.05, 0.1) is 0 Å². The van der Waals surface area contributed by atoms with Crippen LogP contribution in [0.1, 0.15) is 44.2 Å². The van der Waals surface area contributed by atoms with E-state index < -0.39 is 0 Å². The SMILES string of the molecule is Cc1ccc(CNC2CC(C)CC(C)C2)cc1Br. The number of nitrogens with one attached hydrogen (secondary N) is 1. The van der Waals surface area contributed by atoms with E-state index in [1.54, 1.807) is 0 Å². The summed E-state index contributed by atoms with van der Waals surface area (Å²) >= 11 is 3.60. The molecule has 1 saturated carbocycles. The maximum Gasteiger partial charge on any atom is 0.0208 e. The van der Waals surface area contributed by atoms with Crippen molar-refractivity contribution in [3.63, 3.8) is 0 Å². The quantitative estimate of drug-likeness (QED) is 0.855. The minimum Gasteiger partial charge on any atom is -0.310 e. The zero-order valence-electron chi connectivity index (χ0n) is 11.7. The lowest BCUT2D eigenvalue weighted by Crippen LogP contribution is -2.35. The minimum absolute atomic E-state index is 0.698. The predicted octanol–water partition coefficient (Wildman–Crippen LogP) is 4.67. The van der Waals surface area contributed by atoms with Crippen molar-refractivity contribution in [2.45, 2.75) is 52.6 Å². The van der Waals surface area contributed by atoms with Gasteiger partial charge in [0.2, 0.25) is 0 Å². The largest absolute Gasteiger partial charge is 0.310 e. The summed E-state index contributed by atoms with van der Waals surface area (Å²) in [5.41, 5.74) is 2.68. The number of halogens is 1. The molecule has 0 spiro atoms. The Balaban J connectivity index is 1.89. The Morgan fingerprint density at radius 1 is 1.17 bits per heavy atom. The average molecular weight is 310 g/mol. The average Bonchev–Trinajstić information content (AvgIpc) is 2.29. The van der Waals surface area contributed by atoms with Crippen molar-refractivity contribution in [1.29, 1.82) is 0 Å². The van der Waals surface area contributed by atoms with Crippen LogP contribution >= 0.6 is 15.9 Å². The van der Waals surface area contributed by atoms with Gasteiger partial charge in [-0.15, -0.1) is 0 Å². The van der Waals surface area contributed by atoms with Crippen LogP contribution in [0.2, 0.25) is 0 Å². The molecule has 1 aliphatic carbocycles. The molecule has 100 valence electrons. The van der Waals surface area contributed by atoms with Crippen molar-refractivity contribution < 1.29 is 0 Å². The molecule has 1 aromatic rings. The van der Waals surface area contributed by atoms with Gasteiger partial charge in [-0.05, 0) is 55.2 Å². The zero-order valence-corrected chi connectivity index (χ0v) is 13.3. The molecule has 1 aromatic carbocycles. The van der Waals surface area contributed by atoms with E-state index in [0.29, 0.717) is 6.04 Å². The highest BCUT2D eigenvalue weighted by atomic mass is 79.9. The molecule has 1 aliphatic rings. The van der Waals surface area contributed by atoms with Crippen molar-refractivity contribution in [3.05, 3.63) is 33.8 Å². The summed E-state index contributed by atoms with van der Waals surface area (Å²) in [5, 5.41) is 3.72. The lowest BCUT2D eigenvalue weighted by atomic mass is 9.80. The summed E-state index contributed by atoms with van der Waals surface area (Å²) in [6.45, 7) is 7.88. The van der Waals surface area contributed by atoms with Gasteiger partial charge >= 0.3 is 0 Å². The second-order valence-corrected chi connectivity index (χ2v) is 6.93. The molecular formula is C16H24BrN. The lowest BCUT2D eigenvalue weighted by molar-refractivity contribution is 0.238. The van der Waals surface area contributed by atoms with E-state index in [1.165, 1.54) is 34.9 Å². The van der Waals surface area contributed by atoms with Crippen LogP contribution in [-0.2, 0) is 6.54 Å². The smallest absolute Gasteiger partial charge is 0.0208 e. The van der Waals surface area contributed by atoms with Gasteiger partial charge in [-0.25, -0.2) is 0 Å². The Labute approximate surface area is 119 Å². The fraction of sp³-hybridized carbons (Fsp3) is 0.625. The van der Waals surface area contributed by atoms with Gasteiger partial charge in [-0.3, -0.25) is 0 Å². The van der Waals surface area contributed by atoms with E-state index in [4.69, 9.17) is 0 Å². The van der Waals surface area contributed by atoms with Gasteiger partial charge in [-0.1, -0.05) is 41.9 Å². The van der Waals surface area contributed by atoms with E-state index >= 15 is 0 Å². The Morgan fingerprint density at radius 2 is 1.83 bits per heavy atom. The third-order valence-corrected chi connectivity index (χ3v) is 4.86. The number of hydrogen-bond acceptors (Lipinski definition) is 1. The molecular weight excluding hydrogens is 286 g/mol. The summed E-state index contributed by atoms with van der Waals surface area (Å²) < 4.78 is 1.21. The minimum atomic E-state index is 0.698. The van der Waals surface area contributed by atoms with Gasteiger partial charge in [0.15, 0.2) is 0 Å². The molecule has 0 amide bonds. The molecule has 0 aromatic heterocycles. The first-order valence-corrected chi connectivity index (χ1v) is 7.82. The van der Waals surface area contributed by atoms with Crippen molar-refractivity contribution in [3.8, 4) is 0 Å². The van der Waals surface area contributed by atoms with E-state index in [0.717, 1.165) is 18.4 Å². The van der Waals surface area contributed by atoms with Crippen LogP contribution in [0.3, 0.4) is 0 Å². The summed E-state index contributed by atoms with van der Waals surface area (Å²) in [6, 6.07) is 7.34. The topological polar surface area (TPSA) is 12.0 Å². The molecule has 0 aliphatic heterocycles. The van der Waals surface area contributed by atoms with Gasteiger partial charge in [0.1, 0.15) is 0 Å². The molecule has 2 atom stereocenters. The number of benzene rings is 1. The first-order valence-electron chi connectivity index (χ1n) is 7.03. The Bertz CT molecular complexity index is 392. The highest BCUT2D eigenvalue weighted by molar-refractivity contribution is 9.10. The molecule has 0 bridgehead atoms. The van der Waals surface area contributed by atoms with Crippen LogP contribution in [0.25, 0.3) is 0 Å². The normalized spacial score (nSPS) is 28.3. The molecule has 2 rings (SSSR count). The number of hydrogen-bond donors (Lipinski definition) is 1. The summed E-state index contributed by atoms with van der Waals surface area (Å²) in [7, 11) is 0. The van der Waals surface area contributed by atoms with Crippen LogP contribution in [0.15, 0.2) is 22.7 Å². The van der Waals surface area contributed by atoms with Gasteiger partial charge < -0.3 is 5.32 Å². The number of aryl methyl sites for hydroxylation is 1. The van der Waals surface area contributed by atoms with E-state index in [9.17, 15) is 0 Å². The Hall–Kier alpha value is -0.340. The van der Waals surface area contributed by atoms with Crippen molar-refractivity contribution in [2.75, 3.05) is 0 Å². The predicted molar refractivity (Wildman–Crippen MR) is 81.7 cm³/mol. The maximum absolute atomic E-state index is 3.72. The molecule has 0 saturated heterocycles. The molecule has 2 unspecified atom stereocenters. The second kappa shape index (κ2) is 6.21.